The van der Waals surface area contributed by atoms with E-state index in [1.807, 2.05) is 6.07 Å². The van der Waals surface area contributed by atoms with Gasteiger partial charge in [-0.3, -0.25) is 0 Å². The molecule has 0 fully saturated rings. The maximum Gasteiger partial charge on any atom is 0.142 e. The standard InChI is InChI=1S/C9H8BrFIN/c10-6-4-7(12)9-5(8(6)11)2-1-3-13-9/h4,13H,1-3H2. The van der Waals surface area contributed by atoms with Crippen LogP contribution in [-0.2, 0) is 6.42 Å². The van der Waals surface area contributed by atoms with Crippen molar-refractivity contribution >= 4 is 44.2 Å². The van der Waals surface area contributed by atoms with Crippen molar-refractivity contribution in [2.75, 3.05) is 11.9 Å². The van der Waals surface area contributed by atoms with Crippen LogP contribution in [0.4, 0.5) is 10.1 Å². The molecule has 0 saturated carbocycles. The summed E-state index contributed by atoms with van der Waals surface area (Å²) >= 11 is 5.44. The SMILES string of the molecule is Fc1c(Br)cc(I)c2c1CCCN2. The monoisotopic (exact) mass is 355 g/mol. The topological polar surface area (TPSA) is 12.0 Å². The second-order valence-corrected chi connectivity index (χ2v) is 5.05. The van der Waals surface area contributed by atoms with E-state index in [-0.39, 0.29) is 5.82 Å². The fourth-order valence-corrected chi connectivity index (χ4v) is 3.27. The van der Waals surface area contributed by atoms with Crippen LogP contribution in [0.25, 0.3) is 0 Å². The first kappa shape index (κ1) is 9.71. The van der Waals surface area contributed by atoms with Gasteiger partial charge in [0, 0.05) is 15.7 Å². The van der Waals surface area contributed by atoms with Crippen molar-refractivity contribution < 1.29 is 4.39 Å². The second-order valence-electron chi connectivity index (χ2n) is 3.04. The Labute approximate surface area is 98.4 Å². The maximum absolute atomic E-state index is 13.6. The number of anilines is 1. The van der Waals surface area contributed by atoms with Gasteiger partial charge in [-0.1, -0.05) is 0 Å². The van der Waals surface area contributed by atoms with Gasteiger partial charge in [-0.05, 0) is 57.4 Å². The van der Waals surface area contributed by atoms with Crippen molar-refractivity contribution in [3.8, 4) is 0 Å². The van der Waals surface area contributed by atoms with Gasteiger partial charge >= 0.3 is 0 Å². The van der Waals surface area contributed by atoms with Crippen LogP contribution in [0.1, 0.15) is 12.0 Å². The van der Waals surface area contributed by atoms with Gasteiger partial charge in [0.05, 0.1) is 10.2 Å². The van der Waals surface area contributed by atoms with Gasteiger partial charge in [-0.2, -0.15) is 0 Å². The highest BCUT2D eigenvalue weighted by molar-refractivity contribution is 14.1. The van der Waals surface area contributed by atoms with E-state index in [2.05, 4.69) is 43.8 Å². The fraction of sp³-hybridized carbons (Fsp3) is 0.333. The lowest BCUT2D eigenvalue weighted by molar-refractivity contribution is 0.595. The summed E-state index contributed by atoms with van der Waals surface area (Å²) in [5.74, 6) is -0.109. The summed E-state index contributed by atoms with van der Waals surface area (Å²) in [7, 11) is 0. The number of fused-ring (bicyclic) bond motifs is 1. The van der Waals surface area contributed by atoms with Gasteiger partial charge in [-0.15, -0.1) is 0 Å². The number of rotatable bonds is 0. The molecule has 0 aliphatic carbocycles. The highest BCUT2D eigenvalue weighted by Crippen LogP contribution is 2.33. The van der Waals surface area contributed by atoms with E-state index in [1.54, 1.807) is 0 Å². The molecule has 1 aliphatic heterocycles. The molecule has 0 saturated heterocycles. The van der Waals surface area contributed by atoms with Crippen molar-refractivity contribution in [1.29, 1.82) is 0 Å². The molecule has 1 aliphatic rings. The van der Waals surface area contributed by atoms with Gasteiger partial charge in [-0.25, -0.2) is 4.39 Å². The molecule has 0 aromatic heterocycles. The number of nitrogens with one attached hydrogen (secondary N) is 1. The zero-order valence-electron chi connectivity index (χ0n) is 6.83. The Kier molecular flexibility index (Phi) is 2.78. The van der Waals surface area contributed by atoms with E-state index in [0.717, 1.165) is 34.2 Å². The molecule has 1 heterocycles. The summed E-state index contributed by atoms with van der Waals surface area (Å²) in [4.78, 5) is 0. The van der Waals surface area contributed by atoms with Crippen LogP contribution in [0.5, 0.6) is 0 Å². The van der Waals surface area contributed by atoms with E-state index in [9.17, 15) is 4.39 Å². The Bertz CT molecular complexity index is 354. The Morgan fingerprint density at radius 3 is 3.08 bits per heavy atom. The summed E-state index contributed by atoms with van der Waals surface area (Å²) in [5, 5.41) is 3.23. The summed E-state index contributed by atoms with van der Waals surface area (Å²) in [6.45, 7) is 0.948. The van der Waals surface area contributed by atoms with Crippen LogP contribution in [0.2, 0.25) is 0 Å². The first-order valence-electron chi connectivity index (χ1n) is 4.10. The third kappa shape index (κ3) is 1.70. The molecule has 1 nitrogen and oxygen atoms in total. The highest BCUT2D eigenvalue weighted by atomic mass is 127. The normalized spacial score (nSPS) is 15.0. The quantitative estimate of drug-likeness (QED) is 0.554. The van der Waals surface area contributed by atoms with E-state index in [1.165, 1.54) is 0 Å². The van der Waals surface area contributed by atoms with Crippen LogP contribution >= 0.6 is 38.5 Å². The Morgan fingerprint density at radius 1 is 1.54 bits per heavy atom. The number of hydrogen-bond donors (Lipinski definition) is 1. The van der Waals surface area contributed by atoms with E-state index in [4.69, 9.17) is 0 Å². The smallest absolute Gasteiger partial charge is 0.142 e. The molecule has 1 N–H and O–H groups in total. The Morgan fingerprint density at radius 2 is 2.31 bits per heavy atom. The second kappa shape index (κ2) is 3.73. The molecule has 4 heteroatoms. The highest BCUT2D eigenvalue weighted by Gasteiger charge is 2.18. The summed E-state index contributed by atoms with van der Waals surface area (Å²) in [5.41, 5.74) is 1.80. The third-order valence-corrected chi connectivity index (χ3v) is 3.60. The van der Waals surface area contributed by atoms with E-state index < -0.39 is 0 Å². The van der Waals surface area contributed by atoms with Gasteiger partial charge < -0.3 is 5.32 Å². The molecule has 13 heavy (non-hydrogen) atoms. The average Bonchev–Trinajstić information content (AvgIpc) is 2.15. The minimum Gasteiger partial charge on any atom is -0.384 e. The number of benzene rings is 1. The zero-order chi connectivity index (χ0) is 9.42. The predicted octanol–water partition coefficient (Wildman–Crippen LogP) is 3.55. The predicted molar refractivity (Wildman–Crippen MR) is 63.6 cm³/mol. The summed E-state index contributed by atoms with van der Waals surface area (Å²) in [6.07, 6.45) is 1.85. The van der Waals surface area contributed by atoms with Crippen LogP contribution < -0.4 is 5.32 Å². The first-order valence-corrected chi connectivity index (χ1v) is 5.97. The molecule has 0 bridgehead atoms. The largest absolute Gasteiger partial charge is 0.384 e. The zero-order valence-corrected chi connectivity index (χ0v) is 10.6. The lowest BCUT2D eigenvalue weighted by Gasteiger charge is -2.20. The minimum atomic E-state index is -0.109. The molecule has 70 valence electrons. The molecule has 0 atom stereocenters. The fourth-order valence-electron chi connectivity index (χ4n) is 1.55. The van der Waals surface area contributed by atoms with Crippen molar-refractivity contribution in [1.82, 2.24) is 0 Å². The lowest BCUT2D eigenvalue weighted by Crippen LogP contribution is -2.14. The molecule has 0 radical (unpaired) electrons. The molecule has 2 rings (SSSR count). The lowest BCUT2D eigenvalue weighted by atomic mass is 10.0. The van der Waals surface area contributed by atoms with Crippen molar-refractivity contribution in [2.45, 2.75) is 12.8 Å². The van der Waals surface area contributed by atoms with Crippen LogP contribution in [-0.4, -0.2) is 6.54 Å². The van der Waals surface area contributed by atoms with E-state index >= 15 is 0 Å². The molecule has 0 unspecified atom stereocenters. The maximum atomic E-state index is 13.6. The van der Waals surface area contributed by atoms with E-state index in [0.29, 0.717) is 4.47 Å². The first-order chi connectivity index (χ1) is 6.20. The van der Waals surface area contributed by atoms with Crippen molar-refractivity contribution in [3.05, 3.63) is 25.5 Å². The van der Waals surface area contributed by atoms with Crippen LogP contribution in [0.15, 0.2) is 10.5 Å². The summed E-state index contributed by atoms with van der Waals surface area (Å²) < 4.78 is 15.2. The molecule has 1 aromatic carbocycles. The summed E-state index contributed by atoms with van der Waals surface area (Å²) in [6, 6.07) is 1.81. The molecule has 0 spiro atoms. The van der Waals surface area contributed by atoms with Crippen LogP contribution in [0.3, 0.4) is 0 Å². The molecular formula is C9H8BrFIN. The minimum absolute atomic E-state index is 0.109. The van der Waals surface area contributed by atoms with Crippen LogP contribution in [0, 0.1) is 9.39 Å². The van der Waals surface area contributed by atoms with Gasteiger partial charge in [0.25, 0.3) is 0 Å². The van der Waals surface area contributed by atoms with Crippen molar-refractivity contribution in [2.24, 2.45) is 0 Å². The number of halogens is 3. The Hall–Kier alpha value is 0.160. The Balaban J connectivity index is 2.63. The molecular weight excluding hydrogens is 348 g/mol. The third-order valence-electron chi connectivity index (χ3n) is 2.17. The average molecular weight is 356 g/mol. The molecule has 0 amide bonds. The van der Waals surface area contributed by atoms with Gasteiger partial charge in [0.1, 0.15) is 5.82 Å². The van der Waals surface area contributed by atoms with Crippen molar-refractivity contribution in [3.63, 3.8) is 0 Å². The van der Waals surface area contributed by atoms with Gasteiger partial charge in [0.15, 0.2) is 0 Å². The number of hydrogen-bond acceptors (Lipinski definition) is 1. The molecule has 1 aromatic rings. The van der Waals surface area contributed by atoms with Gasteiger partial charge in [0.2, 0.25) is 0 Å².